The third kappa shape index (κ3) is 3.43. The zero-order valence-electron chi connectivity index (χ0n) is 10.5. The van der Waals surface area contributed by atoms with Crippen LogP contribution in [0.5, 0.6) is 0 Å². The lowest BCUT2D eigenvalue weighted by Crippen LogP contribution is -2.41. The SMILES string of the molecule is CCC(CC)(CC(=O)NC1CCOC1)C(=O)O. The van der Waals surface area contributed by atoms with Crippen molar-refractivity contribution in [2.45, 2.75) is 45.6 Å². The second kappa shape index (κ2) is 6.00. The topological polar surface area (TPSA) is 75.6 Å². The zero-order chi connectivity index (χ0) is 12.9. The molecule has 1 saturated heterocycles. The number of aliphatic carboxylic acids is 1. The molecule has 1 unspecified atom stereocenters. The predicted molar refractivity (Wildman–Crippen MR) is 62.6 cm³/mol. The predicted octanol–water partition coefficient (Wildman–Crippen LogP) is 1.17. The van der Waals surface area contributed by atoms with Crippen molar-refractivity contribution < 1.29 is 19.4 Å². The second-order valence-corrected chi connectivity index (χ2v) is 4.60. The van der Waals surface area contributed by atoms with E-state index in [0.717, 1.165) is 6.42 Å². The van der Waals surface area contributed by atoms with Crippen molar-refractivity contribution in [2.75, 3.05) is 13.2 Å². The molecule has 1 heterocycles. The Hall–Kier alpha value is -1.10. The van der Waals surface area contributed by atoms with Gasteiger partial charge in [0.05, 0.1) is 18.1 Å². The van der Waals surface area contributed by atoms with Gasteiger partial charge in [0.2, 0.25) is 5.91 Å². The minimum atomic E-state index is -0.927. The van der Waals surface area contributed by atoms with Gasteiger partial charge in [-0.2, -0.15) is 0 Å². The van der Waals surface area contributed by atoms with Crippen LogP contribution < -0.4 is 5.32 Å². The van der Waals surface area contributed by atoms with Crippen molar-refractivity contribution in [1.82, 2.24) is 5.32 Å². The Morgan fingerprint density at radius 1 is 1.41 bits per heavy atom. The Kier molecular flexibility index (Phi) is 4.93. The molecule has 1 fully saturated rings. The van der Waals surface area contributed by atoms with Crippen LogP contribution >= 0.6 is 0 Å². The molecule has 1 atom stereocenters. The highest BCUT2D eigenvalue weighted by Gasteiger charge is 2.37. The van der Waals surface area contributed by atoms with E-state index in [1.165, 1.54) is 0 Å². The van der Waals surface area contributed by atoms with Crippen LogP contribution in [0, 0.1) is 5.41 Å². The number of ether oxygens (including phenoxy) is 1. The first-order chi connectivity index (χ1) is 8.04. The fourth-order valence-electron chi connectivity index (χ4n) is 2.11. The van der Waals surface area contributed by atoms with Crippen LogP contribution in [0.3, 0.4) is 0 Å². The van der Waals surface area contributed by atoms with Crippen molar-refractivity contribution in [3.8, 4) is 0 Å². The van der Waals surface area contributed by atoms with E-state index in [4.69, 9.17) is 4.74 Å². The van der Waals surface area contributed by atoms with Gasteiger partial charge < -0.3 is 15.2 Å². The number of hydrogen-bond acceptors (Lipinski definition) is 3. The average Bonchev–Trinajstić information content (AvgIpc) is 2.78. The van der Waals surface area contributed by atoms with Gasteiger partial charge in [0.15, 0.2) is 0 Å². The first-order valence-electron chi connectivity index (χ1n) is 6.14. The van der Waals surface area contributed by atoms with Gasteiger partial charge >= 0.3 is 5.97 Å². The van der Waals surface area contributed by atoms with Gasteiger partial charge in [-0.1, -0.05) is 13.8 Å². The summed E-state index contributed by atoms with van der Waals surface area (Å²) < 4.78 is 5.16. The maximum atomic E-state index is 11.8. The Balaban J connectivity index is 2.54. The molecule has 5 nitrogen and oxygen atoms in total. The Morgan fingerprint density at radius 2 is 2.06 bits per heavy atom. The molecular formula is C12H21NO4. The summed E-state index contributed by atoms with van der Waals surface area (Å²) in [5.74, 6) is -1.08. The maximum Gasteiger partial charge on any atom is 0.310 e. The summed E-state index contributed by atoms with van der Waals surface area (Å²) in [5, 5.41) is 12.1. The van der Waals surface area contributed by atoms with Crippen LogP contribution in [0.1, 0.15) is 39.5 Å². The summed E-state index contributed by atoms with van der Waals surface area (Å²) >= 11 is 0. The number of carbonyl (C=O) groups is 2. The third-order valence-corrected chi connectivity index (χ3v) is 3.60. The summed E-state index contributed by atoms with van der Waals surface area (Å²) in [6, 6.07) is 0.0442. The number of amides is 1. The smallest absolute Gasteiger partial charge is 0.310 e. The zero-order valence-corrected chi connectivity index (χ0v) is 10.5. The minimum absolute atomic E-state index is 0.0442. The van der Waals surface area contributed by atoms with Gasteiger partial charge in [-0.05, 0) is 19.3 Å². The summed E-state index contributed by atoms with van der Waals surface area (Å²) in [7, 11) is 0. The molecule has 2 N–H and O–H groups in total. The van der Waals surface area contributed by atoms with Crippen LogP contribution in [-0.4, -0.2) is 36.2 Å². The van der Waals surface area contributed by atoms with E-state index in [1.54, 1.807) is 0 Å². The van der Waals surface area contributed by atoms with Crippen LogP contribution in [0.2, 0.25) is 0 Å². The molecule has 1 aliphatic rings. The van der Waals surface area contributed by atoms with Gasteiger partial charge in [0.1, 0.15) is 0 Å². The van der Waals surface area contributed by atoms with E-state index in [-0.39, 0.29) is 18.4 Å². The first kappa shape index (κ1) is 14.0. The lowest BCUT2D eigenvalue weighted by molar-refractivity contribution is -0.152. The van der Waals surface area contributed by atoms with E-state index in [1.807, 2.05) is 13.8 Å². The summed E-state index contributed by atoms with van der Waals surface area (Å²) in [5.41, 5.74) is -0.927. The molecule has 1 aliphatic heterocycles. The lowest BCUT2D eigenvalue weighted by atomic mass is 9.79. The van der Waals surface area contributed by atoms with Gasteiger partial charge in [-0.25, -0.2) is 0 Å². The van der Waals surface area contributed by atoms with Gasteiger partial charge in [-0.15, -0.1) is 0 Å². The van der Waals surface area contributed by atoms with E-state index < -0.39 is 11.4 Å². The van der Waals surface area contributed by atoms with Crippen LogP contribution in [0.4, 0.5) is 0 Å². The standard InChI is InChI=1S/C12H21NO4/c1-3-12(4-2,11(15)16)7-10(14)13-9-5-6-17-8-9/h9H,3-8H2,1-2H3,(H,13,14)(H,15,16). The number of nitrogens with one attached hydrogen (secondary N) is 1. The Bertz CT molecular complexity index is 280. The molecule has 0 saturated carbocycles. The second-order valence-electron chi connectivity index (χ2n) is 4.60. The molecule has 17 heavy (non-hydrogen) atoms. The Morgan fingerprint density at radius 3 is 2.47 bits per heavy atom. The minimum Gasteiger partial charge on any atom is -0.481 e. The van der Waals surface area contributed by atoms with Crippen molar-refractivity contribution >= 4 is 11.9 Å². The molecule has 0 aromatic rings. The maximum absolute atomic E-state index is 11.8. The molecule has 98 valence electrons. The van der Waals surface area contributed by atoms with Gasteiger partial charge in [-0.3, -0.25) is 9.59 Å². The summed E-state index contributed by atoms with van der Waals surface area (Å²) in [6.07, 6.45) is 1.79. The quantitative estimate of drug-likeness (QED) is 0.734. The number of carboxylic acids is 1. The Labute approximate surface area is 102 Å². The molecule has 5 heteroatoms. The molecule has 1 amide bonds. The normalized spacial score (nSPS) is 20.2. The highest BCUT2D eigenvalue weighted by molar-refractivity contribution is 5.85. The number of carbonyl (C=O) groups excluding carboxylic acids is 1. The van der Waals surface area contributed by atoms with Crippen molar-refractivity contribution in [1.29, 1.82) is 0 Å². The molecule has 1 rings (SSSR count). The fourth-order valence-corrected chi connectivity index (χ4v) is 2.11. The monoisotopic (exact) mass is 243 g/mol. The van der Waals surface area contributed by atoms with Crippen molar-refractivity contribution in [3.05, 3.63) is 0 Å². The first-order valence-corrected chi connectivity index (χ1v) is 6.14. The van der Waals surface area contributed by atoms with E-state index in [0.29, 0.717) is 26.1 Å². The molecule has 0 aromatic carbocycles. The van der Waals surface area contributed by atoms with Gasteiger partial charge in [0.25, 0.3) is 0 Å². The van der Waals surface area contributed by atoms with Crippen LogP contribution in [0.15, 0.2) is 0 Å². The molecule has 0 spiro atoms. The molecule has 0 aliphatic carbocycles. The fraction of sp³-hybridized carbons (Fsp3) is 0.833. The summed E-state index contributed by atoms with van der Waals surface area (Å²) in [6.45, 7) is 4.81. The van der Waals surface area contributed by atoms with E-state index in [2.05, 4.69) is 5.32 Å². The molecule has 0 aromatic heterocycles. The van der Waals surface area contributed by atoms with E-state index in [9.17, 15) is 14.7 Å². The lowest BCUT2D eigenvalue weighted by Gasteiger charge is -2.26. The number of rotatable bonds is 6. The van der Waals surface area contributed by atoms with Gasteiger partial charge in [0, 0.05) is 13.0 Å². The number of carboxylic acid groups (broad SMARTS) is 1. The molecule has 0 bridgehead atoms. The van der Waals surface area contributed by atoms with Crippen LogP contribution in [-0.2, 0) is 14.3 Å². The molecule has 0 radical (unpaired) electrons. The van der Waals surface area contributed by atoms with Crippen LogP contribution in [0.25, 0.3) is 0 Å². The highest BCUT2D eigenvalue weighted by atomic mass is 16.5. The summed E-state index contributed by atoms with van der Waals surface area (Å²) in [4.78, 5) is 23.1. The highest BCUT2D eigenvalue weighted by Crippen LogP contribution is 2.31. The van der Waals surface area contributed by atoms with Crippen molar-refractivity contribution in [3.63, 3.8) is 0 Å². The van der Waals surface area contributed by atoms with Crippen molar-refractivity contribution in [2.24, 2.45) is 5.41 Å². The number of hydrogen-bond donors (Lipinski definition) is 2. The third-order valence-electron chi connectivity index (χ3n) is 3.60. The average molecular weight is 243 g/mol. The largest absolute Gasteiger partial charge is 0.481 e. The molecular weight excluding hydrogens is 222 g/mol. The van der Waals surface area contributed by atoms with E-state index >= 15 is 0 Å².